The molecule has 3 heterocycles. The van der Waals surface area contributed by atoms with Crippen LogP contribution < -0.4 is 15.5 Å². The monoisotopic (exact) mass is 504 g/mol. The Morgan fingerprint density at radius 1 is 1.09 bits per heavy atom. The van der Waals surface area contributed by atoms with Gasteiger partial charge in [-0.3, -0.25) is 14.4 Å². The van der Waals surface area contributed by atoms with E-state index in [1.54, 1.807) is 11.0 Å². The zero-order valence-electron chi connectivity index (χ0n) is 19.0. The van der Waals surface area contributed by atoms with Crippen molar-refractivity contribution >= 4 is 50.5 Å². The van der Waals surface area contributed by atoms with Crippen LogP contribution in [0.25, 0.3) is 0 Å². The molecule has 2 N–H and O–H groups in total. The molecule has 3 amide bonds. The molecule has 4 rings (SSSR count). The lowest BCUT2D eigenvalue weighted by Gasteiger charge is -2.30. The molecule has 34 heavy (non-hydrogen) atoms. The molecule has 0 saturated carbocycles. The van der Waals surface area contributed by atoms with Gasteiger partial charge in [0.05, 0.1) is 11.1 Å². The fourth-order valence-electron chi connectivity index (χ4n) is 4.37. The van der Waals surface area contributed by atoms with Crippen molar-refractivity contribution in [1.82, 2.24) is 9.62 Å². The molecular weight excluding hydrogens is 476 g/mol. The number of benzene rings is 1. The third kappa shape index (κ3) is 5.65. The van der Waals surface area contributed by atoms with E-state index in [0.717, 1.165) is 24.1 Å². The Kier molecular flexibility index (Phi) is 7.34. The topological polar surface area (TPSA) is 116 Å². The predicted octanol–water partition coefficient (Wildman–Crippen LogP) is 2.07. The Labute approximate surface area is 203 Å². The number of aryl methyl sites for hydroxylation is 1. The van der Waals surface area contributed by atoms with E-state index in [9.17, 15) is 22.8 Å². The van der Waals surface area contributed by atoms with Crippen molar-refractivity contribution < 1.29 is 22.8 Å². The van der Waals surface area contributed by atoms with Gasteiger partial charge in [0.2, 0.25) is 10.0 Å². The zero-order valence-corrected chi connectivity index (χ0v) is 20.6. The number of carbonyl (C=O) groups is 3. The number of hydrogen-bond acceptors (Lipinski definition) is 6. The van der Waals surface area contributed by atoms with Crippen molar-refractivity contribution in [3.8, 4) is 0 Å². The smallest absolute Gasteiger partial charge is 0.313 e. The summed E-state index contributed by atoms with van der Waals surface area (Å²) in [4.78, 5) is 40.0. The van der Waals surface area contributed by atoms with Gasteiger partial charge in [-0.1, -0.05) is 6.07 Å². The second-order valence-corrected chi connectivity index (χ2v) is 11.6. The highest BCUT2D eigenvalue weighted by molar-refractivity contribution is 7.88. The molecule has 182 valence electrons. The fraction of sp³-hybridized carbons (Fsp3) is 0.435. The van der Waals surface area contributed by atoms with Crippen LogP contribution in [0.4, 0.5) is 11.4 Å². The van der Waals surface area contributed by atoms with Crippen LogP contribution in [0, 0.1) is 5.92 Å². The summed E-state index contributed by atoms with van der Waals surface area (Å²) in [6, 6.07) is 8.98. The molecule has 0 aliphatic carbocycles. The van der Waals surface area contributed by atoms with Gasteiger partial charge in [0.25, 0.3) is 5.91 Å². The summed E-state index contributed by atoms with van der Waals surface area (Å²) in [6.07, 6.45) is 4.08. The minimum Gasteiger partial charge on any atom is -0.348 e. The van der Waals surface area contributed by atoms with Crippen molar-refractivity contribution in [3.63, 3.8) is 0 Å². The summed E-state index contributed by atoms with van der Waals surface area (Å²) in [6.45, 7) is 1.81. The van der Waals surface area contributed by atoms with E-state index in [1.165, 1.54) is 21.9 Å². The van der Waals surface area contributed by atoms with Gasteiger partial charge in [0.15, 0.2) is 0 Å². The number of nitrogens with zero attached hydrogens (tertiary/aromatic N) is 2. The standard InChI is InChI=1S/C23H28N4O5S2/c1-34(31,32)26-11-8-16(9-12-26)15-24-21(28)22(29)25-18-6-7-19-17(14-18)4-2-10-27(19)23(30)20-5-3-13-33-20/h3,5-7,13-14,16H,2,4,8-12,15H2,1H3,(H,24,28)(H,25,29). The van der Waals surface area contributed by atoms with E-state index in [2.05, 4.69) is 10.6 Å². The fourth-order valence-corrected chi connectivity index (χ4v) is 5.92. The van der Waals surface area contributed by atoms with E-state index in [0.29, 0.717) is 49.6 Å². The van der Waals surface area contributed by atoms with Crippen LogP contribution in [-0.2, 0) is 26.0 Å². The van der Waals surface area contributed by atoms with Crippen molar-refractivity contribution in [2.24, 2.45) is 5.92 Å². The van der Waals surface area contributed by atoms with Crippen molar-refractivity contribution in [1.29, 1.82) is 0 Å². The third-order valence-corrected chi connectivity index (χ3v) is 8.39. The van der Waals surface area contributed by atoms with Crippen LogP contribution in [0.2, 0.25) is 0 Å². The molecule has 11 heteroatoms. The van der Waals surface area contributed by atoms with E-state index in [-0.39, 0.29) is 11.8 Å². The van der Waals surface area contributed by atoms with Gasteiger partial charge < -0.3 is 15.5 Å². The van der Waals surface area contributed by atoms with Crippen molar-refractivity contribution in [3.05, 3.63) is 46.2 Å². The predicted molar refractivity (Wildman–Crippen MR) is 132 cm³/mol. The molecule has 1 saturated heterocycles. The summed E-state index contributed by atoms with van der Waals surface area (Å²) in [5.74, 6) is -1.38. The first kappa shape index (κ1) is 24.4. The van der Waals surface area contributed by atoms with Gasteiger partial charge in [-0.15, -0.1) is 11.3 Å². The Bertz CT molecular complexity index is 1170. The van der Waals surface area contributed by atoms with Gasteiger partial charge in [0.1, 0.15) is 0 Å². The number of carbonyl (C=O) groups excluding carboxylic acids is 3. The number of amides is 3. The molecule has 2 aliphatic heterocycles. The lowest BCUT2D eigenvalue weighted by atomic mass is 9.98. The highest BCUT2D eigenvalue weighted by Crippen LogP contribution is 2.31. The maximum absolute atomic E-state index is 12.8. The van der Waals surface area contributed by atoms with E-state index in [4.69, 9.17) is 0 Å². The Morgan fingerprint density at radius 2 is 1.85 bits per heavy atom. The largest absolute Gasteiger partial charge is 0.348 e. The molecular formula is C23H28N4O5S2. The van der Waals surface area contributed by atoms with Crippen LogP contribution >= 0.6 is 11.3 Å². The SMILES string of the molecule is CS(=O)(=O)N1CCC(CNC(=O)C(=O)Nc2ccc3c(c2)CCCN3C(=O)c2cccs2)CC1. The minimum absolute atomic E-state index is 0.0329. The van der Waals surface area contributed by atoms with Gasteiger partial charge in [-0.25, -0.2) is 12.7 Å². The highest BCUT2D eigenvalue weighted by Gasteiger charge is 2.27. The maximum Gasteiger partial charge on any atom is 0.313 e. The molecule has 0 unspecified atom stereocenters. The normalized spacial score (nSPS) is 17.1. The average Bonchev–Trinajstić information content (AvgIpc) is 3.36. The van der Waals surface area contributed by atoms with Gasteiger partial charge in [-0.05, 0) is 66.8 Å². The second-order valence-electron chi connectivity index (χ2n) is 8.65. The van der Waals surface area contributed by atoms with Crippen LogP contribution in [0.5, 0.6) is 0 Å². The molecule has 2 aromatic rings. The Hall–Kier alpha value is -2.76. The summed E-state index contributed by atoms with van der Waals surface area (Å²) < 4.78 is 24.6. The number of rotatable bonds is 5. The maximum atomic E-state index is 12.8. The highest BCUT2D eigenvalue weighted by atomic mass is 32.2. The zero-order chi connectivity index (χ0) is 24.3. The number of sulfonamides is 1. The van der Waals surface area contributed by atoms with Crippen molar-refractivity contribution in [2.45, 2.75) is 25.7 Å². The second kappa shape index (κ2) is 10.2. The summed E-state index contributed by atoms with van der Waals surface area (Å²) >= 11 is 1.41. The number of nitrogens with one attached hydrogen (secondary N) is 2. The molecule has 0 spiro atoms. The molecule has 1 aromatic carbocycles. The number of hydrogen-bond donors (Lipinski definition) is 2. The molecule has 9 nitrogen and oxygen atoms in total. The van der Waals surface area contributed by atoms with E-state index >= 15 is 0 Å². The van der Waals surface area contributed by atoms with Gasteiger partial charge >= 0.3 is 11.8 Å². The third-order valence-electron chi connectivity index (χ3n) is 6.23. The summed E-state index contributed by atoms with van der Waals surface area (Å²) in [7, 11) is -3.19. The molecule has 0 atom stereocenters. The number of anilines is 2. The van der Waals surface area contributed by atoms with Crippen LogP contribution in [-0.4, -0.2) is 62.9 Å². The van der Waals surface area contributed by atoms with Gasteiger partial charge in [-0.2, -0.15) is 0 Å². The first-order chi connectivity index (χ1) is 16.2. The molecule has 0 radical (unpaired) electrons. The Balaban J connectivity index is 1.31. The first-order valence-corrected chi connectivity index (χ1v) is 14.0. The number of piperidine rings is 1. The molecule has 0 bridgehead atoms. The average molecular weight is 505 g/mol. The van der Waals surface area contributed by atoms with Gasteiger partial charge in [0, 0.05) is 37.6 Å². The number of fused-ring (bicyclic) bond motifs is 1. The minimum atomic E-state index is -3.19. The summed E-state index contributed by atoms with van der Waals surface area (Å²) in [5, 5.41) is 7.17. The Morgan fingerprint density at radius 3 is 2.53 bits per heavy atom. The van der Waals surface area contributed by atoms with E-state index < -0.39 is 21.8 Å². The van der Waals surface area contributed by atoms with Crippen LogP contribution in [0.15, 0.2) is 35.7 Å². The van der Waals surface area contributed by atoms with E-state index in [1.807, 2.05) is 29.6 Å². The van der Waals surface area contributed by atoms with Crippen molar-refractivity contribution in [2.75, 3.05) is 42.7 Å². The summed E-state index contributed by atoms with van der Waals surface area (Å²) in [5.41, 5.74) is 2.28. The quantitative estimate of drug-likeness (QED) is 0.605. The molecule has 1 aromatic heterocycles. The number of thiophene rings is 1. The van der Waals surface area contributed by atoms with Crippen LogP contribution in [0.3, 0.4) is 0 Å². The van der Waals surface area contributed by atoms with Crippen LogP contribution in [0.1, 0.15) is 34.5 Å². The first-order valence-electron chi connectivity index (χ1n) is 11.2. The lowest BCUT2D eigenvalue weighted by molar-refractivity contribution is -0.136. The molecule has 2 aliphatic rings. The lowest BCUT2D eigenvalue weighted by Crippen LogP contribution is -2.43. The molecule has 1 fully saturated rings.